The SMILES string of the molecule is CCSC(N)=Nc1nc(-c2ccc(CNC(C)=O)o2)cs1. The lowest BCUT2D eigenvalue weighted by Gasteiger charge is -1.97. The molecule has 0 fully saturated rings. The molecule has 8 heteroatoms. The van der Waals surface area contributed by atoms with Crippen LogP contribution in [0.2, 0.25) is 0 Å². The quantitative estimate of drug-likeness (QED) is 0.651. The van der Waals surface area contributed by atoms with Gasteiger partial charge in [-0.25, -0.2) is 4.98 Å². The van der Waals surface area contributed by atoms with Crippen molar-refractivity contribution in [3.05, 3.63) is 23.3 Å². The van der Waals surface area contributed by atoms with Gasteiger partial charge in [-0.15, -0.1) is 11.3 Å². The topological polar surface area (TPSA) is 93.5 Å². The first kappa shape index (κ1) is 15.6. The van der Waals surface area contributed by atoms with Crippen molar-refractivity contribution < 1.29 is 9.21 Å². The minimum Gasteiger partial charge on any atom is -0.458 e. The summed E-state index contributed by atoms with van der Waals surface area (Å²) in [6.45, 7) is 3.84. The number of nitrogens with zero attached hydrogens (tertiary/aromatic N) is 2. The molecular formula is C13H16N4O2S2. The number of aliphatic imine (C=N–C) groups is 1. The van der Waals surface area contributed by atoms with E-state index >= 15 is 0 Å². The van der Waals surface area contributed by atoms with E-state index in [1.807, 2.05) is 24.4 Å². The van der Waals surface area contributed by atoms with Crippen LogP contribution in [0, 0.1) is 0 Å². The fraction of sp³-hybridized carbons (Fsp3) is 0.308. The number of hydrogen-bond acceptors (Lipinski definition) is 6. The van der Waals surface area contributed by atoms with Crippen LogP contribution in [0.3, 0.4) is 0 Å². The lowest BCUT2D eigenvalue weighted by atomic mass is 10.3. The van der Waals surface area contributed by atoms with Gasteiger partial charge >= 0.3 is 0 Å². The van der Waals surface area contributed by atoms with Gasteiger partial charge in [-0.1, -0.05) is 18.7 Å². The van der Waals surface area contributed by atoms with Crippen molar-refractivity contribution >= 4 is 39.3 Å². The smallest absolute Gasteiger partial charge is 0.217 e. The molecule has 2 heterocycles. The molecular weight excluding hydrogens is 308 g/mol. The maximum absolute atomic E-state index is 10.9. The second-order valence-electron chi connectivity index (χ2n) is 4.07. The molecule has 0 atom stereocenters. The zero-order valence-electron chi connectivity index (χ0n) is 11.8. The molecule has 3 N–H and O–H groups in total. The standard InChI is InChI=1S/C13H16N4O2S2/c1-3-20-12(14)17-13-16-10(7-21-13)11-5-4-9(19-11)6-15-8(2)18/h4-5,7H,3,6H2,1-2H3,(H,15,18)(H2,14,16,17). The van der Waals surface area contributed by atoms with Gasteiger partial charge in [0, 0.05) is 12.3 Å². The van der Waals surface area contributed by atoms with E-state index in [4.69, 9.17) is 10.2 Å². The van der Waals surface area contributed by atoms with Gasteiger partial charge in [0.1, 0.15) is 11.5 Å². The lowest BCUT2D eigenvalue weighted by molar-refractivity contribution is -0.119. The minimum absolute atomic E-state index is 0.0952. The predicted molar refractivity (Wildman–Crippen MR) is 86.8 cm³/mol. The van der Waals surface area contributed by atoms with Crippen LogP contribution in [0.15, 0.2) is 26.9 Å². The Morgan fingerprint density at radius 3 is 3.10 bits per heavy atom. The molecule has 0 spiro atoms. The van der Waals surface area contributed by atoms with Crippen LogP contribution in [0.4, 0.5) is 5.13 Å². The molecule has 2 aromatic heterocycles. The van der Waals surface area contributed by atoms with Gasteiger partial charge in [0.2, 0.25) is 11.0 Å². The zero-order valence-corrected chi connectivity index (χ0v) is 13.4. The first-order valence-electron chi connectivity index (χ1n) is 6.34. The van der Waals surface area contributed by atoms with Crippen molar-refractivity contribution in [2.75, 3.05) is 5.75 Å². The van der Waals surface area contributed by atoms with E-state index in [9.17, 15) is 4.79 Å². The Hall–Kier alpha value is -1.80. The van der Waals surface area contributed by atoms with Crippen LogP contribution in [0.25, 0.3) is 11.5 Å². The maximum Gasteiger partial charge on any atom is 0.217 e. The number of amidine groups is 1. The van der Waals surface area contributed by atoms with Crippen LogP contribution >= 0.6 is 23.1 Å². The molecule has 0 radical (unpaired) electrons. The maximum atomic E-state index is 10.9. The van der Waals surface area contributed by atoms with Crippen LogP contribution in [0.1, 0.15) is 19.6 Å². The summed E-state index contributed by atoms with van der Waals surface area (Å²) < 4.78 is 5.63. The van der Waals surface area contributed by atoms with Crippen molar-refractivity contribution in [3.8, 4) is 11.5 Å². The highest BCUT2D eigenvalue weighted by Gasteiger charge is 2.09. The molecule has 0 aromatic carbocycles. The summed E-state index contributed by atoms with van der Waals surface area (Å²) in [5.74, 6) is 2.11. The van der Waals surface area contributed by atoms with E-state index in [0.717, 1.165) is 5.75 Å². The molecule has 0 saturated heterocycles. The van der Waals surface area contributed by atoms with Crippen molar-refractivity contribution in [2.24, 2.45) is 10.7 Å². The summed E-state index contributed by atoms with van der Waals surface area (Å²) in [6.07, 6.45) is 0. The first-order chi connectivity index (χ1) is 10.1. The number of carbonyl (C=O) groups is 1. The molecule has 0 aliphatic carbocycles. The first-order valence-corrected chi connectivity index (χ1v) is 8.21. The summed E-state index contributed by atoms with van der Waals surface area (Å²) in [7, 11) is 0. The van der Waals surface area contributed by atoms with Gasteiger partial charge in [-0.05, 0) is 17.9 Å². The molecule has 0 saturated carbocycles. The highest BCUT2D eigenvalue weighted by Crippen LogP contribution is 2.28. The number of aromatic nitrogens is 1. The number of furan rings is 1. The van der Waals surface area contributed by atoms with Gasteiger partial charge in [0.05, 0.1) is 6.54 Å². The summed E-state index contributed by atoms with van der Waals surface area (Å²) in [5.41, 5.74) is 6.46. The molecule has 2 rings (SSSR count). The number of nitrogens with two attached hydrogens (primary N) is 1. The Labute approximate surface area is 130 Å². The highest BCUT2D eigenvalue weighted by atomic mass is 32.2. The molecule has 0 unspecified atom stereocenters. The third-order valence-electron chi connectivity index (χ3n) is 2.42. The van der Waals surface area contributed by atoms with E-state index in [-0.39, 0.29) is 5.91 Å². The average Bonchev–Trinajstić information content (AvgIpc) is 3.05. The molecule has 6 nitrogen and oxygen atoms in total. The number of thiazole rings is 1. The van der Waals surface area contributed by atoms with Crippen molar-refractivity contribution in [1.29, 1.82) is 0 Å². The molecule has 1 amide bonds. The van der Waals surface area contributed by atoms with Crippen molar-refractivity contribution in [1.82, 2.24) is 10.3 Å². The number of hydrogen-bond donors (Lipinski definition) is 2. The second kappa shape index (κ2) is 7.28. The van der Waals surface area contributed by atoms with Crippen LogP contribution in [0.5, 0.6) is 0 Å². The summed E-state index contributed by atoms with van der Waals surface area (Å²) in [6, 6.07) is 3.64. The van der Waals surface area contributed by atoms with E-state index in [0.29, 0.717) is 34.1 Å². The fourth-order valence-corrected chi connectivity index (χ4v) is 2.72. The third kappa shape index (κ3) is 4.61. The van der Waals surface area contributed by atoms with E-state index in [1.165, 1.54) is 30.0 Å². The Bertz CT molecular complexity index is 648. The Morgan fingerprint density at radius 2 is 2.38 bits per heavy atom. The monoisotopic (exact) mass is 324 g/mol. The van der Waals surface area contributed by atoms with E-state index in [1.54, 1.807) is 0 Å². The number of thioether (sulfide) groups is 1. The molecule has 112 valence electrons. The molecule has 21 heavy (non-hydrogen) atoms. The molecule has 0 aliphatic rings. The van der Waals surface area contributed by atoms with Gasteiger partial charge in [-0.2, -0.15) is 4.99 Å². The molecule has 0 bridgehead atoms. The highest BCUT2D eigenvalue weighted by molar-refractivity contribution is 8.13. The minimum atomic E-state index is -0.0952. The van der Waals surface area contributed by atoms with Gasteiger partial charge in [0.15, 0.2) is 10.9 Å². The predicted octanol–water partition coefficient (Wildman–Crippen LogP) is 2.74. The van der Waals surface area contributed by atoms with Crippen LogP contribution in [-0.2, 0) is 11.3 Å². The third-order valence-corrected chi connectivity index (χ3v) is 3.83. The Morgan fingerprint density at radius 1 is 1.57 bits per heavy atom. The number of amides is 1. The van der Waals surface area contributed by atoms with Crippen molar-refractivity contribution in [3.63, 3.8) is 0 Å². The lowest BCUT2D eigenvalue weighted by Crippen LogP contribution is -2.18. The zero-order chi connectivity index (χ0) is 15.2. The second-order valence-corrected chi connectivity index (χ2v) is 6.19. The largest absolute Gasteiger partial charge is 0.458 e. The van der Waals surface area contributed by atoms with E-state index in [2.05, 4.69) is 15.3 Å². The molecule has 0 aliphatic heterocycles. The fourth-order valence-electron chi connectivity index (χ4n) is 1.53. The number of rotatable bonds is 5. The summed E-state index contributed by atoms with van der Waals surface area (Å²) in [4.78, 5) is 19.5. The van der Waals surface area contributed by atoms with Crippen LogP contribution in [-0.4, -0.2) is 21.8 Å². The van der Waals surface area contributed by atoms with Crippen LogP contribution < -0.4 is 11.1 Å². The van der Waals surface area contributed by atoms with Gasteiger partial charge in [0.25, 0.3) is 0 Å². The van der Waals surface area contributed by atoms with Gasteiger partial charge in [-0.3, -0.25) is 4.79 Å². The van der Waals surface area contributed by atoms with E-state index < -0.39 is 0 Å². The summed E-state index contributed by atoms with van der Waals surface area (Å²) in [5, 5.41) is 5.65. The molecule has 2 aromatic rings. The van der Waals surface area contributed by atoms with Crippen molar-refractivity contribution in [2.45, 2.75) is 20.4 Å². The number of carbonyl (C=O) groups excluding carboxylic acids is 1. The normalized spacial score (nSPS) is 11.6. The average molecular weight is 324 g/mol. The Balaban J connectivity index is 2.07. The van der Waals surface area contributed by atoms with Gasteiger partial charge < -0.3 is 15.5 Å². The number of nitrogens with one attached hydrogen (secondary N) is 1. The Kier molecular flexibility index (Phi) is 5.40. The summed E-state index contributed by atoms with van der Waals surface area (Å²) >= 11 is 2.88.